The highest BCUT2D eigenvalue weighted by molar-refractivity contribution is 7.13. The lowest BCUT2D eigenvalue weighted by Gasteiger charge is -2.10. The first-order valence-electron chi connectivity index (χ1n) is 7.15. The van der Waals surface area contributed by atoms with Crippen LogP contribution in [-0.4, -0.2) is 41.8 Å². The number of ether oxygens (including phenoxy) is 1. The fraction of sp³-hybridized carbons (Fsp3) is 0.533. The molecule has 0 aliphatic heterocycles. The fourth-order valence-corrected chi connectivity index (χ4v) is 2.78. The molecule has 0 unspecified atom stereocenters. The maximum Gasteiger partial charge on any atom is 0.171 e. The SMILES string of the molecule is COCCNCCCc1c(C)nc(-c2cncs2)nc1C. The molecule has 0 bridgehead atoms. The number of nitrogens with one attached hydrogen (secondary N) is 1. The van der Waals surface area contributed by atoms with Crippen molar-refractivity contribution in [3.63, 3.8) is 0 Å². The first kappa shape index (κ1) is 16.0. The summed E-state index contributed by atoms with van der Waals surface area (Å²) in [6.45, 7) is 6.76. The van der Waals surface area contributed by atoms with Crippen LogP contribution < -0.4 is 5.32 Å². The predicted molar refractivity (Wildman–Crippen MR) is 85.7 cm³/mol. The quantitative estimate of drug-likeness (QED) is 0.759. The predicted octanol–water partition coefficient (Wildman–Crippen LogP) is 2.39. The summed E-state index contributed by atoms with van der Waals surface area (Å²) in [4.78, 5) is 14.4. The number of thiazole rings is 1. The molecule has 0 amide bonds. The van der Waals surface area contributed by atoms with Gasteiger partial charge < -0.3 is 10.1 Å². The van der Waals surface area contributed by atoms with Crippen molar-refractivity contribution in [2.24, 2.45) is 0 Å². The van der Waals surface area contributed by atoms with Crippen molar-refractivity contribution in [3.8, 4) is 10.7 Å². The van der Waals surface area contributed by atoms with Gasteiger partial charge >= 0.3 is 0 Å². The van der Waals surface area contributed by atoms with Gasteiger partial charge in [-0.25, -0.2) is 9.97 Å². The molecule has 2 rings (SSSR count). The molecule has 2 aromatic rings. The van der Waals surface area contributed by atoms with Crippen LogP contribution in [0.2, 0.25) is 0 Å². The summed E-state index contributed by atoms with van der Waals surface area (Å²) in [5.74, 6) is 0.787. The number of aromatic nitrogens is 3. The Kier molecular flexibility index (Phi) is 6.22. The Morgan fingerprint density at radius 2 is 1.95 bits per heavy atom. The van der Waals surface area contributed by atoms with E-state index in [2.05, 4.69) is 34.1 Å². The van der Waals surface area contributed by atoms with Gasteiger partial charge in [0.25, 0.3) is 0 Å². The Morgan fingerprint density at radius 1 is 1.19 bits per heavy atom. The highest BCUT2D eigenvalue weighted by atomic mass is 32.1. The molecule has 0 spiro atoms. The third kappa shape index (κ3) is 4.56. The zero-order valence-corrected chi connectivity index (χ0v) is 13.7. The van der Waals surface area contributed by atoms with Crippen LogP contribution in [0.4, 0.5) is 0 Å². The van der Waals surface area contributed by atoms with E-state index in [4.69, 9.17) is 4.74 Å². The first-order chi connectivity index (χ1) is 10.2. The Hall–Kier alpha value is -1.37. The summed E-state index contributed by atoms with van der Waals surface area (Å²) in [5, 5.41) is 3.36. The minimum Gasteiger partial charge on any atom is -0.383 e. The van der Waals surface area contributed by atoms with Crippen molar-refractivity contribution in [1.82, 2.24) is 20.3 Å². The summed E-state index contributed by atoms with van der Waals surface area (Å²) in [5.41, 5.74) is 5.21. The third-order valence-corrected chi connectivity index (χ3v) is 4.11. The van der Waals surface area contributed by atoms with Crippen molar-refractivity contribution in [3.05, 3.63) is 28.7 Å². The van der Waals surface area contributed by atoms with Crippen LogP contribution in [0.25, 0.3) is 10.7 Å². The lowest BCUT2D eigenvalue weighted by atomic mass is 10.1. The normalized spacial score (nSPS) is 11.0. The number of aryl methyl sites for hydroxylation is 2. The topological polar surface area (TPSA) is 59.9 Å². The number of hydrogen-bond donors (Lipinski definition) is 1. The van der Waals surface area contributed by atoms with Crippen LogP contribution in [0.1, 0.15) is 23.4 Å². The third-order valence-electron chi connectivity index (χ3n) is 3.34. The lowest BCUT2D eigenvalue weighted by Crippen LogP contribution is -2.20. The Morgan fingerprint density at radius 3 is 2.57 bits per heavy atom. The Balaban J connectivity index is 1.95. The maximum atomic E-state index is 5.01. The van der Waals surface area contributed by atoms with Gasteiger partial charge in [0.05, 0.1) is 17.0 Å². The highest BCUT2D eigenvalue weighted by Gasteiger charge is 2.10. The van der Waals surface area contributed by atoms with Crippen LogP contribution in [0.15, 0.2) is 11.7 Å². The van der Waals surface area contributed by atoms with E-state index in [1.807, 2.05) is 11.7 Å². The molecular weight excluding hydrogens is 284 g/mol. The smallest absolute Gasteiger partial charge is 0.171 e. The lowest BCUT2D eigenvalue weighted by molar-refractivity contribution is 0.199. The molecule has 1 N–H and O–H groups in total. The van der Waals surface area contributed by atoms with Gasteiger partial charge in [-0.2, -0.15) is 0 Å². The van der Waals surface area contributed by atoms with E-state index in [-0.39, 0.29) is 0 Å². The molecule has 0 fully saturated rings. The number of nitrogens with zero attached hydrogens (tertiary/aromatic N) is 3. The van der Waals surface area contributed by atoms with Gasteiger partial charge in [-0.15, -0.1) is 11.3 Å². The van der Waals surface area contributed by atoms with Crippen molar-refractivity contribution >= 4 is 11.3 Å². The Labute approximate surface area is 129 Å². The molecule has 6 heteroatoms. The van der Waals surface area contributed by atoms with Crippen molar-refractivity contribution < 1.29 is 4.74 Å². The molecule has 2 heterocycles. The van der Waals surface area contributed by atoms with Crippen LogP contribution in [0, 0.1) is 13.8 Å². The number of rotatable bonds is 8. The number of methoxy groups -OCH3 is 1. The second kappa shape index (κ2) is 8.17. The molecule has 0 aliphatic rings. The molecule has 0 aliphatic carbocycles. The second-order valence-electron chi connectivity index (χ2n) is 4.91. The molecular formula is C15H22N4OS. The van der Waals surface area contributed by atoms with Crippen LogP contribution in [0.3, 0.4) is 0 Å². The van der Waals surface area contributed by atoms with Gasteiger partial charge in [-0.1, -0.05) is 0 Å². The van der Waals surface area contributed by atoms with E-state index in [1.165, 1.54) is 5.56 Å². The summed E-state index contributed by atoms with van der Waals surface area (Å²) >= 11 is 1.57. The molecule has 0 saturated heterocycles. The molecule has 5 nitrogen and oxygen atoms in total. The molecule has 0 atom stereocenters. The highest BCUT2D eigenvalue weighted by Crippen LogP contribution is 2.22. The standard InChI is InChI=1S/C15H22N4OS/c1-11-13(5-4-6-16-7-8-20-3)12(2)19-15(18-11)14-9-17-10-21-14/h9-10,16H,4-8H2,1-3H3. The van der Waals surface area contributed by atoms with E-state index < -0.39 is 0 Å². The monoisotopic (exact) mass is 306 g/mol. The van der Waals surface area contributed by atoms with Crippen LogP contribution in [-0.2, 0) is 11.2 Å². The van der Waals surface area contributed by atoms with Gasteiger partial charge in [0.1, 0.15) is 0 Å². The first-order valence-corrected chi connectivity index (χ1v) is 8.03. The zero-order chi connectivity index (χ0) is 15.1. The van der Waals surface area contributed by atoms with E-state index in [0.717, 1.165) is 54.6 Å². The van der Waals surface area contributed by atoms with Crippen molar-refractivity contribution in [2.45, 2.75) is 26.7 Å². The average molecular weight is 306 g/mol. The minimum atomic E-state index is 0.755. The van der Waals surface area contributed by atoms with Crippen molar-refractivity contribution in [1.29, 1.82) is 0 Å². The largest absolute Gasteiger partial charge is 0.383 e. The molecule has 114 valence electrons. The van der Waals surface area contributed by atoms with E-state index in [1.54, 1.807) is 18.4 Å². The summed E-state index contributed by atoms with van der Waals surface area (Å²) in [7, 11) is 1.72. The Bertz CT molecular complexity index is 534. The van der Waals surface area contributed by atoms with Gasteiger partial charge in [0.2, 0.25) is 0 Å². The zero-order valence-electron chi connectivity index (χ0n) is 12.8. The molecule has 2 aromatic heterocycles. The van der Waals surface area contributed by atoms with E-state index >= 15 is 0 Å². The number of hydrogen-bond acceptors (Lipinski definition) is 6. The van der Waals surface area contributed by atoms with Crippen LogP contribution in [0.5, 0.6) is 0 Å². The van der Waals surface area contributed by atoms with E-state index in [9.17, 15) is 0 Å². The van der Waals surface area contributed by atoms with Gasteiger partial charge in [-0.05, 0) is 38.8 Å². The van der Waals surface area contributed by atoms with Gasteiger partial charge in [0, 0.05) is 31.2 Å². The minimum absolute atomic E-state index is 0.755. The second-order valence-corrected chi connectivity index (χ2v) is 5.79. The van der Waals surface area contributed by atoms with Gasteiger partial charge in [0.15, 0.2) is 5.82 Å². The summed E-state index contributed by atoms with van der Waals surface area (Å²) in [6, 6.07) is 0. The molecule has 0 aromatic carbocycles. The summed E-state index contributed by atoms with van der Waals surface area (Å²) < 4.78 is 5.01. The van der Waals surface area contributed by atoms with E-state index in [0.29, 0.717) is 0 Å². The van der Waals surface area contributed by atoms with Crippen LogP contribution >= 0.6 is 11.3 Å². The average Bonchev–Trinajstić information content (AvgIpc) is 2.99. The molecule has 0 radical (unpaired) electrons. The molecule has 21 heavy (non-hydrogen) atoms. The summed E-state index contributed by atoms with van der Waals surface area (Å²) in [6.07, 6.45) is 3.90. The van der Waals surface area contributed by atoms with Crippen molar-refractivity contribution in [2.75, 3.05) is 26.8 Å². The fourth-order valence-electron chi connectivity index (χ4n) is 2.23. The van der Waals surface area contributed by atoms with Gasteiger partial charge in [-0.3, -0.25) is 4.98 Å². The molecule has 0 saturated carbocycles. The maximum absolute atomic E-state index is 5.01.